The topological polar surface area (TPSA) is 112 Å². The molecule has 6 atom stereocenters. The maximum atomic E-state index is 14.2. The van der Waals surface area contributed by atoms with Crippen molar-refractivity contribution in [2.75, 3.05) is 0 Å². The minimum atomic E-state index is -0.261. The van der Waals surface area contributed by atoms with Gasteiger partial charge in [0.15, 0.2) is 0 Å². The standard InChI is InChI=1S/C60H39N3O6/c64-55-43-16-31-32(17-44(43)56(65)61(55)25-28-10-4-1-5-11-28)38-22-37(31)49-50(38)52-40-24-42(36-21-48-46(19-34(36)40)58(67)63(60(48)69)27-30-14-8-3-9-15-30)54(52)53-41-23-39(51(49)53)33-18-45-47(20-35(33)41)59(68)62(57(45)66)26-29-12-6-2-7-13-29/h1-21,37-42H,22-27H2/t37-,38+,39+,40-,41-,42+. The number of fused-ring (bicyclic) bond motifs is 30. The summed E-state index contributed by atoms with van der Waals surface area (Å²) in [6, 6.07) is 41.0. The fourth-order valence-electron chi connectivity index (χ4n) is 14.9. The Balaban J connectivity index is 0.850. The molecule has 69 heavy (non-hydrogen) atoms. The Bertz CT molecular complexity index is 3120. The minimum Gasteiger partial charge on any atom is -0.270 e. The lowest BCUT2D eigenvalue weighted by Crippen LogP contribution is -2.29. The van der Waals surface area contributed by atoms with Gasteiger partial charge in [0.25, 0.3) is 35.4 Å². The van der Waals surface area contributed by atoms with Crippen molar-refractivity contribution in [3.8, 4) is 0 Å². The molecule has 6 aliphatic carbocycles. The molecule has 0 aromatic heterocycles. The van der Waals surface area contributed by atoms with Crippen molar-refractivity contribution < 1.29 is 28.8 Å². The number of carbonyl (C=O) groups excluding carboxylic acids is 6. The van der Waals surface area contributed by atoms with E-state index in [1.807, 2.05) is 127 Å². The molecular formula is C60H39N3O6. The molecule has 0 spiro atoms. The average molecular weight is 898 g/mol. The highest BCUT2D eigenvalue weighted by atomic mass is 16.2. The molecule has 16 rings (SSSR count). The molecule has 3 heterocycles. The van der Waals surface area contributed by atoms with Gasteiger partial charge in [-0.25, -0.2) is 0 Å². The molecule has 3 aliphatic heterocycles. The fraction of sp³-hybridized carbons (Fsp3) is 0.200. The number of amides is 6. The van der Waals surface area contributed by atoms with E-state index < -0.39 is 0 Å². The Morgan fingerprint density at radius 2 is 0.478 bits per heavy atom. The maximum Gasteiger partial charge on any atom is 0.261 e. The van der Waals surface area contributed by atoms with E-state index in [2.05, 4.69) is 0 Å². The smallest absolute Gasteiger partial charge is 0.261 e. The van der Waals surface area contributed by atoms with E-state index in [1.54, 1.807) is 0 Å². The van der Waals surface area contributed by atoms with E-state index in [0.29, 0.717) is 33.4 Å². The normalized spacial score (nSPS) is 23.7. The molecule has 9 aliphatic rings. The number of benzene rings is 7. The molecular weight excluding hydrogens is 859 g/mol. The number of imide groups is 3. The fourth-order valence-corrected chi connectivity index (χ4v) is 14.9. The van der Waals surface area contributed by atoms with Gasteiger partial charge in [0, 0.05) is 35.5 Å². The molecule has 0 saturated heterocycles. The highest BCUT2D eigenvalue weighted by Crippen LogP contribution is 2.72. The van der Waals surface area contributed by atoms with Gasteiger partial charge in [-0.1, -0.05) is 91.0 Å². The number of nitrogens with zero attached hydrogens (tertiary/aromatic N) is 3. The SMILES string of the molecule is O=C1c2cc3c(cc2C(=O)N1Cc1ccccc1)[C@@H]1C[C@H]3c2c1c1c(c3c2[C@H]2C[C@@H]3c3cc4c(cc32)C(=O)N(Cc2ccccc2)C4=O)[C@H]2C[C@@H]1c1cc3c(cc12)C(=O)N(Cc1ccccc1)C3=O. The number of carbonyl (C=O) groups is 6. The molecule has 0 fully saturated rings. The van der Waals surface area contributed by atoms with Gasteiger partial charge in [-0.15, -0.1) is 0 Å². The van der Waals surface area contributed by atoms with Crippen LogP contribution in [0.4, 0.5) is 0 Å². The summed E-state index contributed by atoms with van der Waals surface area (Å²) >= 11 is 0. The largest absolute Gasteiger partial charge is 0.270 e. The van der Waals surface area contributed by atoms with Crippen molar-refractivity contribution in [3.05, 3.63) is 244 Å². The van der Waals surface area contributed by atoms with Crippen molar-refractivity contribution >= 4 is 35.4 Å². The number of hydrogen-bond acceptors (Lipinski definition) is 6. The van der Waals surface area contributed by atoms with Crippen LogP contribution in [0.25, 0.3) is 0 Å². The van der Waals surface area contributed by atoms with Crippen molar-refractivity contribution in [3.63, 3.8) is 0 Å². The van der Waals surface area contributed by atoms with Crippen molar-refractivity contribution in [2.24, 2.45) is 0 Å². The second kappa shape index (κ2) is 12.9. The average Bonchev–Trinajstić information content (AvgIpc) is 4.29. The van der Waals surface area contributed by atoms with Crippen LogP contribution in [-0.4, -0.2) is 50.1 Å². The van der Waals surface area contributed by atoms with Gasteiger partial charge in [-0.05, 0) is 139 Å². The Morgan fingerprint density at radius 1 is 0.290 bits per heavy atom. The predicted molar refractivity (Wildman–Crippen MR) is 253 cm³/mol. The van der Waals surface area contributed by atoms with Crippen LogP contribution in [0.1, 0.15) is 200 Å². The summed E-state index contributed by atoms with van der Waals surface area (Å²) in [4.78, 5) is 89.1. The first kappa shape index (κ1) is 38.0. The van der Waals surface area contributed by atoms with Crippen LogP contribution in [-0.2, 0) is 19.6 Å². The molecule has 9 heteroatoms. The molecule has 0 unspecified atom stereocenters. The maximum absolute atomic E-state index is 14.2. The monoisotopic (exact) mass is 897 g/mol. The third-order valence-corrected chi connectivity index (χ3v) is 17.6. The van der Waals surface area contributed by atoms with Crippen LogP contribution < -0.4 is 0 Å². The quantitative estimate of drug-likeness (QED) is 0.154. The Morgan fingerprint density at radius 3 is 0.667 bits per heavy atom. The summed E-state index contributed by atoms with van der Waals surface area (Å²) in [6.45, 7) is 0.627. The van der Waals surface area contributed by atoms with Gasteiger partial charge >= 0.3 is 0 Å². The first-order chi connectivity index (χ1) is 33.7. The van der Waals surface area contributed by atoms with Crippen molar-refractivity contribution in [1.82, 2.24) is 14.7 Å². The second-order valence-corrected chi connectivity index (χ2v) is 20.6. The van der Waals surface area contributed by atoms with E-state index >= 15 is 0 Å². The highest BCUT2D eigenvalue weighted by molar-refractivity contribution is 6.23. The summed E-state index contributed by atoms with van der Waals surface area (Å²) < 4.78 is 0. The lowest BCUT2D eigenvalue weighted by Gasteiger charge is -2.35. The lowest BCUT2D eigenvalue weighted by atomic mass is 9.68. The zero-order valence-electron chi connectivity index (χ0n) is 37.1. The molecule has 6 bridgehead atoms. The van der Waals surface area contributed by atoms with E-state index in [0.717, 1.165) is 69.3 Å². The van der Waals surface area contributed by atoms with Crippen molar-refractivity contribution in [1.29, 1.82) is 0 Å². The van der Waals surface area contributed by atoms with E-state index in [4.69, 9.17) is 0 Å². The lowest BCUT2D eigenvalue weighted by molar-refractivity contribution is 0.0627. The first-order valence-electron chi connectivity index (χ1n) is 24.2. The van der Waals surface area contributed by atoms with Gasteiger partial charge in [-0.2, -0.15) is 0 Å². The van der Waals surface area contributed by atoms with Crippen LogP contribution in [0.2, 0.25) is 0 Å². The number of rotatable bonds is 6. The molecule has 0 radical (unpaired) electrons. The molecule has 7 aromatic carbocycles. The third kappa shape index (κ3) is 4.66. The summed E-state index contributed by atoms with van der Waals surface area (Å²) in [7, 11) is 0. The molecule has 330 valence electrons. The third-order valence-electron chi connectivity index (χ3n) is 17.6. The Hall–Kier alpha value is -8.04. The molecule has 6 amide bonds. The molecule has 7 aromatic rings. The van der Waals surface area contributed by atoms with E-state index in [-0.39, 0.29) is 90.6 Å². The Kier molecular flexibility index (Phi) is 7.12. The molecule has 0 saturated carbocycles. The highest BCUT2D eigenvalue weighted by Gasteiger charge is 2.58. The summed E-state index contributed by atoms with van der Waals surface area (Å²) in [6.07, 6.45) is 2.54. The van der Waals surface area contributed by atoms with Crippen LogP contribution in [0.3, 0.4) is 0 Å². The van der Waals surface area contributed by atoms with E-state index in [9.17, 15) is 28.8 Å². The van der Waals surface area contributed by atoms with Gasteiger partial charge in [-0.3, -0.25) is 43.5 Å². The van der Waals surface area contributed by atoms with Gasteiger partial charge in [0.1, 0.15) is 0 Å². The zero-order valence-corrected chi connectivity index (χ0v) is 37.1. The van der Waals surface area contributed by atoms with Crippen LogP contribution >= 0.6 is 0 Å². The minimum absolute atomic E-state index is 0.0154. The van der Waals surface area contributed by atoms with Gasteiger partial charge in [0.05, 0.1) is 53.0 Å². The van der Waals surface area contributed by atoms with Crippen LogP contribution in [0, 0.1) is 0 Å². The summed E-state index contributed by atoms with van der Waals surface area (Å²) in [5.74, 6) is -1.47. The van der Waals surface area contributed by atoms with Crippen LogP contribution in [0.5, 0.6) is 0 Å². The van der Waals surface area contributed by atoms with E-state index in [1.165, 1.54) is 48.1 Å². The van der Waals surface area contributed by atoms with Gasteiger partial charge < -0.3 is 0 Å². The molecule has 9 nitrogen and oxygen atoms in total. The predicted octanol–water partition coefficient (Wildman–Crippen LogP) is 10.0. The van der Waals surface area contributed by atoms with Crippen LogP contribution in [0.15, 0.2) is 127 Å². The van der Waals surface area contributed by atoms with Crippen molar-refractivity contribution in [2.45, 2.75) is 74.4 Å². The number of hydrogen-bond donors (Lipinski definition) is 0. The summed E-state index contributed by atoms with van der Waals surface area (Å²) in [5, 5.41) is 0. The second-order valence-electron chi connectivity index (χ2n) is 20.6. The molecule has 0 N–H and O–H groups in total. The first-order valence-corrected chi connectivity index (χ1v) is 24.2. The Labute approximate surface area is 396 Å². The summed E-state index contributed by atoms with van der Waals surface area (Å²) in [5.41, 5.74) is 20.2. The van der Waals surface area contributed by atoms with Gasteiger partial charge in [0.2, 0.25) is 0 Å². The zero-order chi connectivity index (χ0) is 45.9.